The molecule has 0 radical (unpaired) electrons. The van der Waals surface area contributed by atoms with Gasteiger partial charge in [-0.05, 0) is 43.7 Å². The molecule has 9 heteroatoms. The summed E-state index contributed by atoms with van der Waals surface area (Å²) in [6.07, 6.45) is 0. The van der Waals surface area contributed by atoms with Crippen LogP contribution in [0.15, 0.2) is 63.1 Å². The first-order valence-corrected chi connectivity index (χ1v) is 11.1. The van der Waals surface area contributed by atoms with Crippen LogP contribution >= 0.6 is 0 Å². The van der Waals surface area contributed by atoms with Gasteiger partial charge < -0.3 is 29.3 Å². The molecule has 180 valence electrons. The molecule has 0 spiro atoms. The van der Waals surface area contributed by atoms with Crippen molar-refractivity contribution in [1.82, 2.24) is 4.90 Å². The number of ether oxygens (including phenoxy) is 3. The van der Waals surface area contributed by atoms with Crippen LogP contribution in [-0.2, 0) is 4.79 Å². The number of amides is 1. The van der Waals surface area contributed by atoms with E-state index in [1.807, 2.05) is 19.9 Å². The van der Waals surface area contributed by atoms with E-state index in [-0.39, 0.29) is 35.3 Å². The molecule has 0 fully saturated rings. The number of nitrogens with zero attached hydrogens (tertiary/aromatic N) is 2. The van der Waals surface area contributed by atoms with Crippen LogP contribution in [0, 0.1) is 11.3 Å². The summed E-state index contributed by atoms with van der Waals surface area (Å²) in [6.45, 7) is 4.45. The Bertz CT molecular complexity index is 1410. The molecular formula is C26H25N3O6. The van der Waals surface area contributed by atoms with Gasteiger partial charge in [-0.25, -0.2) is 4.79 Å². The molecule has 1 atom stereocenters. The van der Waals surface area contributed by atoms with E-state index in [0.29, 0.717) is 41.1 Å². The van der Waals surface area contributed by atoms with E-state index in [9.17, 15) is 9.59 Å². The lowest BCUT2D eigenvalue weighted by Crippen LogP contribution is -2.38. The van der Waals surface area contributed by atoms with Crippen molar-refractivity contribution >= 4 is 16.9 Å². The van der Waals surface area contributed by atoms with Crippen LogP contribution in [0.3, 0.4) is 0 Å². The number of carbonyl (C=O) groups is 1. The first kappa shape index (κ1) is 23.7. The molecule has 1 aliphatic rings. The van der Waals surface area contributed by atoms with Crippen molar-refractivity contribution in [2.24, 2.45) is 5.73 Å². The Morgan fingerprint density at radius 3 is 2.60 bits per heavy atom. The van der Waals surface area contributed by atoms with Gasteiger partial charge in [0, 0.05) is 13.1 Å². The maximum absolute atomic E-state index is 13.6. The van der Waals surface area contributed by atoms with Gasteiger partial charge in [0.05, 0.1) is 29.6 Å². The number of nitrogens with two attached hydrogens (primary N) is 1. The molecule has 1 aliphatic heterocycles. The number of likely N-dealkylation sites (N-methyl/N-ethyl adjacent to an activating group) is 1. The predicted octanol–water partition coefficient (Wildman–Crippen LogP) is 3.27. The molecule has 0 aliphatic carbocycles. The highest BCUT2D eigenvalue weighted by Gasteiger charge is 2.40. The van der Waals surface area contributed by atoms with Crippen molar-refractivity contribution in [2.75, 3.05) is 26.8 Å². The van der Waals surface area contributed by atoms with E-state index in [1.165, 1.54) is 7.11 Å². The largest absolute Gasteiger partial charge is 0.493 e. The van der Waals surface area contributed by atoms with Crippen LogP contribution in [0.2, 0.25) is 0 Å². The van der Waals surface area contributed by atoms with Gasteiger partial charge in [0.25, 0.3) is 5.91 Å². The average molecular weight is 476 g/mol. The van der Waals surface area contributed by atoms with Gasteiger partial charge in [-0.15, -0.1) is 0 Å². The minimum Gasteiger partial charge on any atom is -0.493 e. The normalized spacial score (nSPS) is 14.6. The van der Waals surface area contributed by atoms with Gasteiger partial charge in [0.1, 0.15) is 11.7 Å². The molecule has 1 aromatic heterocycles. The smallest absolute Gasteiger partial charge is 0.344 e. The monoisotopic (exact) mass is 475 g/mol. The molecule has 1 unspecified atom stereocenters. The molecular weight excluding hydrogens is 450 g/mol. The Balaban J connectivity index is 1.99. The SMILES string of the molecule is CCN(CC)C(=O)C1=C(N)Oc2c(c(=O)oc3ccccc23)C1c1ccc(OCC#N)c(OC)c1. The highest BCUT2D eigenvalue weighted by atomic mass is 16.5. The Hall–Kier alpha value is -4.45. The summed E-state index contributed by atoms with van der Waals surface area (Å²) in [4.78, 5) is 28.5. The van der Waals surface area contributed by atoms with Crippen molar-refractivity contribution in [1.29, 1.82) is 5.26 Å². The molecule has 2 N–H and O–H groups in total. The van der Waals surface area contributed by atoms with Gasteiger partial charge in [-0.2, -0.15) is 5.26 Å². The minimum absolute atomic E-state index is 0.0843. The second kappa shape index (κ2) is 9.81. The summed E-state index contributed by atoms with van der Waals surface area (Å²) in [6, 6.07) is 13.9. The lowest BCUT2D eigenvalue weighted by molar-refractivity contribution is -0.127. The van der Waals surface area contributed by atoms with Crippen molar-refractivity contribution in [3.05, 3.63) is 75.5 Å². The number of hydrogen-bond donors (Lipinski definition) is 1. The van der Waals surface area contributed by atoms with Crippen molar-refractivity contribution in [2.45, 2.75) is 19.8 Å². The third-order valence-electron chi connectivity index (χ3n) is 5.95. The second-order valence-electron chi connectivity index (χ2n) is 7.78. The van der Waals surface area contributed by atoms with Gasteiger partial charge in [0.15, 0.2) is 23.9 Å². The molecule has 3 aromatic rings. The Labute approximate surface area is 201 Å². The molecule has 1 amide bonds. The molecule has 2 heterocycles. The summed E-state index contributed by atoms with van der Waals surface area (Å²) in [5, 5.41) is 9.42. The van der Waals surface area contributed by atoms with Gasteiger partial charge >= 0.3 is 5.63 Å². The standard InChI is InChI=1S/C26H25N3O6/c1-4-29(5-2)25(30)22-20(15-10-11-18(33-13-12-27)19(14-15)32-3)21-23(35-24(22)28)16-8-6-7-9-17(16)34-26(21)31/h6-11,14,20H,4-5,13,28H2,1-3H3. The average Bonchev–Trinajstić information content (AvgIpc) is 2.87. The van der Waals surface area contributed by atoms with Crippen LogP contribution in [0.4, 0.5) is 0 Å². The summed E-state index contributed by atoms with van der Waals surface area (Å²) in [7, 11) is 1.46. The fourth-order valence-corrected chi connectivity index (χ4v) is 4.28. The summed E-state index contributed by atoms with van der Waals surface area (Å²) >= 11 is 0. The van der Waals surface area contributed by atoms with Gasteiger partial charge in [0.2, 0.25) is 5.88 Å². The number of fused-ring (bicyclic) bond motifs is 3. The summed E-state index contributed by atoms with van der Waals surface area (Å²) in [5.41, 5.74) is 6.93. The quantitative estimate of drug-likeness (QED) is 0.516. The van der Waals surface area contributed by atoms with E-state index in [4.69, 9.17) is 29.6 Å². The van der Waals surface area contributed by atoms with Crippen LogP contribution in [0.5, 0.6) is 17.2 Å². The van der Waals surface area contributed by atoms with Crippen LogP contribution in [-0.4, -0.2) is 37.6 Å². The van der Waals surface area contributed by atoms with Crippen LogP contribution in [0.25, 0.3) is 11.0 Å². The van der Waals surface area contributed by atoms with Crippen molar-refractivity contribution in [3.63, 3.8) is 0 Å². The zero-order chi connectivity index (χ0) is 25.1. The zero-order valence-corrected chi connectivity index (χ0v) is 19.7. The molecule has 4 rings (SSSR count). The Morgan fingerprint density at radius 2 is 1.91 bits per heavy atom. The van der Waals surface area contributed by atoms with Gasteiger partial charge in [-0.3, -0.25) is 4.79 Å². The lowest BCUT2D eigenvalue weighted by atomic mass is 9.82. The van der Waals surface area contributed by atoms with Crippen LogP contribution < -0.4 is 25.6 Å². The Kier molecular flexibility index (Phi) is 6.64. The fraction of sp³-hybridized carbons (Fsp3) is 0.269. The molecule has 9 nitrogen and oxygen atoms in total. The van der Waals surface area contributed by atoms with Gasteiger partial charge in [-0.1, -0.05) is 18.2 Å². The van der Waals surface area contributed by atoms with Crippen molar-refractivity contribution < 1.29 is 23.4 Å². The molecule has 35 heavy (non-hydrogen) atoms. The van der Waals surface area contributed by atoms with Crippen LogP contribution in [0.1, 0.15) is 30.9 Å². The molecule has 0 saturated heterocycles. The number of carbonyl (C=O) groups excluding carboxylic acids is 1. The maximum Gasteiger partial charge on any atom is 0.344 e. The fourth-order valence-electron chi connectivity index (χ4n) is 4.28. The van der Waals surface area contributed by atoms with E-state index < -0.39 is 11.5 Å². The predicted molar refractivity (Wildman–Crippen MR) is 128 cm³/mol. The zero-order valence-electron chi connectivity index (χ0n) is 19.7. The second-order valence-corrected chi connectivity index (χ2v) is 7.78. The number of rotatable bonds is 7. The summed E-state index contributed by atoms with van der Waals surface area (Å²) in [5.74, 6) is -0.377. The van der Waals surface area contributed by atoms with E-state index in [1.54, 1.807) is 47.4 Å². The van der Waals surface area contributed by atoms with E-state index in [0.717, 1.165) is 0 Å². The third kappa shape index (κ3) is 4.15. The third-order valence-corrected chi connectivity index (χ3v) is 5.95. The number of nitriles is 1. The first-order valence-electron chi connectivity index (χ1n) is 11.1. The maximum atomic E-state index is 13.6. The lowest BCUT2D eigenvalue weighted by Gasteiger charge is -2.31. The minimum atomic E-state index is -0.883. The number of methoxy groups -OCH3 is 1. The molecule has 2 aromatic carbocycles. The number of benzene rings is 2. The topological polar surface area (TPSA) is 128 Å². The molecule has 0 bridgehead atoms. The van der Waals surface area contributed by atoms with E-state index in [2.05, 4.69) is 0 Å². The number of hydrogen-bond acceptors (Lipinski definition) is 8. The summed E-state index contributed by atoms with van der Waals surface area (Å²) < 4.78 is 22.4. The Morgan fingerprint density at radius 1 is 1.17 bits per heavy atom. The first-order chi connectivity index (χ1) is 16.9. The van der Waals surface area contributed by atoms with E-state index >= 15 is 0 Å². The highest BCUT2D eigenvalue weighted by Crippen LogP contribution is 2.45. The highest BCUT2D eigenvalue weighted by molar-refractivity contribution is 5.98. The molecule has 0 saturated carbocycles. The van der Waals surface area contributed by atoms with Crippen molar-refractivity contribution in [3.8, 4) is 23.3 Å². The number of para-hydroxylation sites is 1.